The fourth-order valence-corrected chi connectivity index (χ4v) is 2.36. The molecule has 0 unspecified atom stereocenters. The average molecular weight is 301 g/mol. The molecule has 0 amide bonds. The Balaban J connectivity index is 2.34. The van der Waals surface area contributed by atoms with Gasteiger partial charge in [-0.2, -0.15) is 0 Å². The van der Waals surface area contributed by atoms with Crippen LogP contribution < -0.4 is 5.43 Å². The van der Waals surface area contributed by atoms with Gasteiger partial charge in [-0.15, -0.1) is 0 Å². The second-order valence-corrected chi connectivity index (χ2v) is 5.48. The summed E-state index contributed by atoms with van der Waals surface area (Å²) in [4.78, 5) is 12.3. The second kappa shape index (κ2) is 4.93. The molecule has 0 bridgehead atoms. The molecule has 0 spiro atoms. The highest BCUT2D eigenvalue weighted by molar-refractivity contribution is 6.30. The maximum absolute atomic E-state index is 12.3. The number of aromatic hydroxyl groups is 1. The molecule has 3 nitrogen and oxygen atoms in total. The first kappa shape index (κ1) is 13.7. The molecule has 4 heteroatoms. The van der Waals surface area contributed by atoms with Crippen molar-refractivity contribution in [2.75, 3.05) is 0 Å². The van der Waals surface area contributed by atoms with E-state index in [9.17, 15) is 9.90 Å². The van der Waals surface area contributed by atoms with E-state index in [1.54, 1.807) is 30.3 Å². The Morgan fingerprint density at radius 1 is 1.05 bits per heavy atom. The molecule has 1 N–H and O–H groups in total. The largest absolute Gasteiger partial charge is 0.502 e. The lowest BCUT2D eigenvalue weighted by atomic mass is 10.1. The van der Waals surface area contributed by atoms with Crippen molar-refractivity contribution >= 4 is 22.6 Å². The van der Waals surface area contributed by atoms with Gasteiger partial charge in [0.05, 0.1) is 5.39 Å². The predicted molar refractivity (Wildman–Crippen MR) is 84.1 cm³/mol. The molecule has 1 aromatic heterocycles. The topological polar surface area (TPSA) is 50.4 Å². The fraction of sp³-hybridized carbons (Fsp3) is 0.118. The van der Waals surface area contributed by atoms with E-state index in [0.29, 0.717) is 21.6 Å². The highest BCUT2D eigenvalue weighted by Crippen LogP contribution is 2.31. The second-order valence-electron chi connectivity index (χ2n) is 5.05. The lowest BCUT2D eigenvalue weighted by molar-refractivity contribution is 0.449. The summed E-state index contributed by atoms with van der Waals surface area (Å²) in [6.07, 6.45) is 0. The first-order valence-corrected chi connectivity index (χ1v) is 6.88. The number of hydrogen-bond acceptors (Lipinski definition) is 3. The molecule has 106 valence electrons. The molecule has 21 heavy (non-hydrogen) atoms. The fourth-order valence-electron chi connectivity index (χ4n) is 2.24. The van der Waals surface area contributed by atoms with Crippen LogP contribution in [0, 0.1) is 13.8 Å². The van der Waals surface area contributed by atoms with Crippen molar-refractivity contribution in [1.29, 1.82) is 0 Å². The molecular formula is C17H13ClO3. The molecule has 0 saturated heterocycles. The van der Waals surface area contributed by atoms with Gasteiger partial charge in [-0.3, -0.25) is 4.79 Å². The molecular weight excluding hydrogens is 288 g/mol. The number of benzene rings is 2. The zero-order valence-electron chi connectivity index (χ0n) is 11.6. The minimum absolute atomic E-state index is 0.160. The zero-order valence-corrected chi connectivity index (χ0v) is 12.4. The van der Waals surface area contributed by atoms with E-state index in [2.05, 4.69) is 0 Å². The van der Waals surface area contributed by atoms with Gasteiger partial charge in [0.2, 0.25) is 11.2 Å². The van der Waals surface area contributed by atoms with Crippen LogP contribution in [-0.2, 0) is 0 Å². The summed E-state index contributed by atoms with van der Waals surface area (Å²) in [5.74, 6) is -0.222. The third-order valence-electron chi connectivity index (χ3n) is 3.59. The van der Waals surface area contributed by atoms with Crippen LogP contribution in [-0.4, -0.2) is 5.11 Å². The van der Waals surface area contributed by atoms with Crippen molar-refractivity contribution in [2.24, 2.45) is 0 Å². The Bertz CT molecular complexity index is 893. The van der Waals surface area contributed by atoms with Crippen molar-refractivity contribution in [2.45, 2.75) is 13.8 Å². The van der Waals surface area contributed by atoms with Crippen molar-refractivity contribution in [1.82, 2.24) is 0 Å². The van der Waals surface area contributed by atoms with Crippen LogP contribution in [0.3, 0.4) is 0 Å². The van der Waals surface area contributed by atoms with Crippen molar-refractivity contribution in [3.8, 4) is 17.1 Å². The number of rotatable bonds is 1. The molecule has 0 saturated carbocycles. The molecule has 0 radical (unpaired) electrons. The van der Waals surface area contributed by atoms with E-state index in [-0.39, 0.29) is 11.5 Å². The van der Waals surface area contributed by atoms with Crippen LogP contribution in [0.1, 0.15) is 11.1 Å². The van der Waals surface area contributed by atoms with E-state index in [0.717, 1.165) is 11.1 Å². The maximum atomic E-state index is 12.3. The molecule has 1 heterocycles. The molecule has 0 atom stereocenters. The van der Waals surface area contributed by atoms with E-state index >= 15 is 0 Å². The normalized spacial score (nSPS) is 11.0. The molecule has 0 aliphatic rings. The smallest absolute Gasteiger partial charge is 0.235 e. The van der Waals surface area contributed by atoms with Gasteiger partial charge in [0.25, 0.3) is 0 Å². The van der Waals surface area contributed by atoms with Crippen molar-refractivity contribution in [3.63, 3.8) is 0 Å². The van der Waals surface area contributed by atoms with Crippen LogP contribution in [0.25, 0.3) is 22.3 Å². The van der Waals surface area contributed by atoms with Gasteiger partial charge in [0, 0.05) is 10.6 Å². The summed E-state index contributed by atoms with van der Waals surface area (Å²) < 4.78 is 5.74. The number of halogens is 1. The Morgan fingerprint density at radius 3 is 2.33 bits per heavy atom. The van der Waals surface area contributed by atoms with Gasteiger partial charge < -0.3 is 9.52 Å². The highest BCUT2D eigenvalue weighted by atomic mass is 35.5. The van der Waals surface area contributed by atoms with Crippen LogP contribution >= 0.6 is 11.6 Å². The molecule has 3 rings (SSSR count). The number of hydrogen-bond donors (Lipinski definition) is 1. The van der Waals surface area contributed by atoms with E-state index < -0.39 is 5.43 Å². The summed E-state index contributed by atoms with van der Waals surface area (Å²) in [5, 5.41) is 11.1. The summed E-state index contributed by atoms with van der Waals surface area (Å²) in [5.41, 5.74) is 2.65. The molecule has 0 aliphatic carbocycles. The molecule has 2 aromatic carbocycles. The lowest BCUT2D eigenvalue weighted by Gasteiger charge is -2.08. The summed E-state index contributed by atoms with van der Waals surface area (Å²) >= 11 is 5.85. The summed E-state index contributed by atoms with van der Waals surface area (Å²) in [6, 6.07) is 10.3. The average Bonchev–Trinajstić information content (AvgIpc) is 2.46. The summed E-state index contributed by atoms with van der Waals surface area (Å²) in [7, 11) is 0. The molecule has 0 fully saturated rings. The minimum atomic E-state index is -0.427. The van der Waals surface area contributed by atoms with Crippen molar-refractivity contribution in [3.05, 3.63) is 62.8 Å². The quantitative estimate of drug-likeness (QED) is 0.723. The summed E-state index contributed by atoms with van der Waals surface area (Å²) in [6.45, 7) is 3.86. The van der Waals surface area contributed by atoms with Gasteiger partial charge in [0.1, 0.15) is 5.58 Å². The SMILES string of the molecule is Cc1cc2oc(-c3ccc(Cl)cc3)c(O)c(=O)c2cc1C. The highest BCUT2D eigenvalue weighted by Gasteiger charge is 2.15. The number of fused-ring (bicyclic) bond motifs is 1. The first-order valence-electron chi connectivity index (χ1n) is 6.50. The Morgan fingerprint density at radius 2 is 1.67 bits per heavy atom. The maximum Gasteiger partial charge on any atom is 0.235 e. The van der Waals surface area contributed by atoms with Gasteiger partial charge in [-0.1, -0.05) is 11.6 Å². The van der Waals surface area contributed by atoms with Gasteiger partial charge >= 0.3 is 0 Å². The Kier molecular flexibility index (Phi) is 3.22. The van der Waals surface area contributed by atoms with Crippen LogP contribution in [0.2, 0.25) is 5.02 Å². The van der Waals surface area contributed by atoms with E-state index in [1.807, 2.05) is 19.9 Å². The first-order chi connectivity index (χ1) is 9.97. The Labute approximate surface area is 126 Å². The lowest BCUT2D eigenvalue weighted by Crippen LogP contribution is -2.03. The van der Waals surface area contributed by atoms with Crippen LogP contribution in [0.4, 0.5) is 0 Å². The molecule has 3 aromatic rings. The van der Waals surface area contributed by atoms with Crippen LogP contribution in [0.15, 0.2) is 45.6 Å². The van der Waals surface area contributed by atoms with Gasteiger partial charge in [0.15, 0.2) is 5.76 Å². The standard InChI is InChI=1S/C17H13ClO3/c1-9-7-13-14(8-10(9)2)21-17(16(20)15(13)19)11-3-5-12(18)6-4-11/h3-8,20H,1-2H3. The predicted octanol–water partition coefficient (Wildman–Crippen LogP) is 4.44. The van der Waals surface area contributed by atoms with Crippen LogP contribution in [0.5, 0.6) is 5.75 Å². The number of aryl methyl sites for hydroxylation is 2. The zero-order chi connectivity index (χ0) is 15.1. The third kappa shape index (κ3) is 2.30. The van der Waals surface area contributed by atoms with Crippen molar-refractivity contribution < 1.29 is 9.52 Å². The minimum Gasteiger partial charge on any atom is -0.502 e. The van der Waals surface area contributed by atoms with E-state index in [4.69, 9.17) is 16.0 Å². The molecule has 0 aliphatic heterocycles. The van der Waals surface area contributed by atoms with Gasteiger partial charge in [-0.05, 0) is 61.4 Å². The Hall–Kier alpha value is -2.26. The monoisotopic (exact) mass is 300 g/mol. The van der Waals surface area contributed by atoms with Gasteiger partial charge in [-0.25, -0.2) is 0 Å². The van der Waals surface area contributed by atoms with E-state index in [1.165, 1.54) is 0 Å². The third-order valence-corrected chi connectivity index (χ3v) is 3.84.